The fourth-order valence-corrected chi connectivity index (χ4v) is 4.66. The highest BCUT2D eigenvalue weighted by Gasteiger charge is 2.10. The van der Waals surface area contributed by atoms with Gasteiger partial charge in [-0.05, 0) is 70.1 Å². The molecule has 6 nitrogen and oxygen atoms in total. The summed E-state index contributed by atoms with van der Waals surface area (Å²) in [6, 6.07) is 32.4. The minimum absolute atomic E-state index is 0.676. The Labute approximate surface area is 218 Å². The van der Waals surface area contributed by atoms with Gasteiger partial charge in [-0.15, -0.1) is 0 Å². The summed E-state index contributed by atoms with van der Waals surface area (Å²) < 4.78 is 0. The molecule has 38 heavy (non-hydrogen) atoms. The van der Waals surface area contributed by atoms with Gasteiger partial charge in [0.1, 0.15) is 0 Å². The molecule has 0 aliphatic heterocycles. The lowest BCUT2D eigenvalue weighted by Gasteiger charge is -2.09. The summed E-state index contributed by atoms with van der Waals surface area (Å²) in [5.74, 6) is 1.35. The second kappa shape index (κ2) is 9.26. The van der Waals surface area contributed by atoms with Crippen LogP contribution in [0.1, 0.15) is 0 Å². The molecule has 3 aromatic carbocycles. The van der Waals surface area contributed by atoms with Crippen LogP contribution in [0.5, 0.6) is 0 Å². The maximum Gasteiger partial charge on any atom is 0.159 e. The summed E-state index contributed by atoms with van der Waals surface area (Å²) in [5, 5.41) is 4.59. The molecule has 0 saturated heterocycles. The summed E-state index contributed by atoms with van der Waals surface area (Å²) >= 11 is 0. The Balaban J connectivity index is 1.25. The van der Waals surface area contributed by atoms with Gasteiger partial charge in [0.2, 0.25) is 0 Å². The number of pyridine rings is 2. The van der Waals surface area contributed by atoms with E-state index in [2.05, 4.69) is 68.5 Å². The Hall–Kier alpha value is -5.36. The first-order valence-corrected chi connectivity index (χ1v) is 12.3. The summed E-state index contributed by atoms with van der Waals surface area (Å²) in [7, 11) is 0. The molecule has 0 aliphatic carbocycles. The van der Waals surface area contributed by atoms with Crippen molar-refractivity contribution in [1.29, 1.82) is 0 Å². The standard InChI is InChI=1S/C32H20N6/c1-3-15-33-27(5-1)29-13-17-35-31(37-29)23-9-11-25-21(19-23)7-8-22-20-24(10-12-26(22)25)32-36-18-14-30(38-32)28-6-2-4-16-34-28/h1-20H. The average molecular weight is 489 g/mol. The molecule has 0 saturated carbocycles. The van der Waals surface area contributed by atoms with Crippen LogP contribution in [-0.4, -0.2) is 29.9 Å². The van der Waals surface area contributed by atoms with Gasteiger partial charge >= 0.3 is 0 Å². The number of hydrogen-bond donors (Lipinski definition) is 0. The Morgan fingerprint density at radius 2 is 0.868 bits per heavy atom. The normalized spacial score (nSPS) is 11.2. The van der Waals surface area contributed by atoms with Crippen LogP contribution in [0.25, 0.3) is 67.1 Å². The molecule has 0 unspecified atom stereocenters. The SMILES string of the molecule is c1ccc(-c2ccnc(-c3ccc4c(ccc5cc(-c6nccc(-c7ccccn7)n6)ccc54)c3)n2)nc1. The van der Waals surface area contributed by atoms with E-state index in [1.807, 2.05) is 48.5 Å². The number of fused-ring (bicyclic) bond motifs is 3. The molecule has 4 heterocycles. The Bertz CT molecular complexity index is 1780. The number of aromatic nitrogens is 6. The van der Waals surface area contributed by atoms with Crippen LogP contribution >= 0.6 is 0 Å². The third kappa shape index (κ3) is 4.04. The molecule has 0 amide bonds. The van der Waals surface area contributed by atoms with E-state index in [1.165, 1.54) is 10.8 Å². The highest BCUT2D eigenvalue weighted by Crippen LogP contribution is 2.31. The average Bonchev–Trinajstić information content (AvgIpc) is 3.01. The van der Waals surface area contributed by atoms with E-state index in [1.54, 1.807) is 24.8 Å². The van der Waals surface area contributed by atoms with Crippen LogP contribution in [-0.2, 0) is 0 Å². The predicted octanol–water partition coefficient (Wildman–Crippen LogP) is 7.03. The number of hydrogen-bond acceptors (Lipinski definition) is 6. The number of nitrogens with zero attached hydrogens (tertiary/aromatic N) is 6. The molecule has 0 N–H and O–H groups in total. The fourth-order valence-electron chi connectivity index (χ4n) is 4.66. The predicted molar refractivity (Wildman–Crippen MR) is 150 cm³/mol. The molecule has 6 heteroatoms. The van der Waals surface area contributed by atoms with Gasteiger partial charge in [-0.1, -0.05) is 48.5 Å². The maximum absolute atomic E-state index is 4.76. The van der Waals surface area contributed by atoms with Crippen LogP contribution in [0.3, 0.4) is 0 Å². The lowest BCUT2D eigenvalue weighted by Crippen LogP contribution is -1.93. The zero-order valence-corrected chi connectivity index (χ0v) is 20.2. The Kier molecular flexibility index (Phi) is 5.33. The summed E-state index contributed by atoms with van der Waals surface area (Å²) in [5.41, 5.74) is 5.19. The van der Waals surface area contributed by atoms with Crippen molar-refractivity contribution in [3.8, 4) is 45.6 Å². The van der Waals surface area contributed by atoms with E-state index in [-0.39, 0.29) is 0 Å². The van der Waals surface area contributed by atoms with Gasteiger partial charge < -0.3 is 0 Å². The highest BCUT2D eigenvalue weighted by molar-refractivity contribution is 6.09. The molecular formula is C32H20N6. The fraction of sp³-hybridized carbons (Fsp3) is 0. The van der Waals surface area contributed by atoms with Crippen molar-refractivity contribution in [3.63, 3.8) is 0 Å². The second-order valence-corrected chi connectivity index (χ2v) is 8.90. The van der Waals surface area contributed by atoms with Gasteiger partial charge in [-0.25, -0.2) is 19.9 Å². The van der Waals surface area contributed by atoms with E-state index >= 15 is 0 Å². The van der Waals surface area contributed by atoms with Gasteiger partial charge in [0.25, 0.3) is 0 Å². The lowest BCUT2D eigenvalue weighted by atomic mass is 9.98. The van der Waals surface area contributed by atoms with E-state index in [9.17, 15) is 0 Å². The molecule has 0 fully saturated rings. The maximum atomic E-state index is 4.76. The molecule has 4 aromatic heterocycles. The first-order valence-electron chi connectivity index (χ1n) is 12.3. The van der Waals surface area contributed by atoms with E-state index < -0.39 is 0 Å². The molecule has 0 bridgehead atoms. The third-order valence-electron chi connectivity index (χ3n) is 6.52. The lowest BCUT2D eigenvalue weighted by molar-refractivity contribution is 1.16. The summed E-state index contributed by atoms with van der Waals surface area (Å²) in [6.45, 7) is 0. The zero-order chi connectivity index (χ0) is 25.3. The van der Waals surface area contributed by atoms with Crippen LogP contribution in [0.2, 0.25) is 0 Å². The Morgan fingerprint density at radius 3 is 1.32 bits per heavy atom. The topological polar surface area (TPSA) is 77.3 Å². The van der Waals surface area contributed by atoms with E-state index in [4.69, 9.17) is 9.97 Å². The number of rotatable bonds is 4. The van der Waals surface area contributed by atoms with Crippen molar-refractivity contribution in [2.75, 3.05) is 0 Å². The molecule has 7 aromatic rings. The zero-order valence-electron chi connectivity index (χ0n) is 20.2. The molecule has 0 spiro atoms. The van der Waals surface area contributed by atoms with E-state index in [0.717, 1.165) is 44.7 Å². The molecule has 0 aliphatic rings. The minimum Gasteiger partial charge on any atom is -0.255 e. The quantitative estimate of drug-likeness (QED) is 0.248. The van der Waals surface area contributed by atoms with Crippen molar-refractivity contribution in [1.82, 2.24) is 29.9 Å². The summed E-state index contributed by atoms with van der Waals surface area (Å²) in [4.78, 5) is 27.4. The van der Waals surface area contributed by atoms with Gasteiger partial charge in [0.15, 0.2) is 11.6 Å². The second-order valence-electron chi connectivity index (χ2n) is 8.90. The first-order chi connectivity index (χ1) is 18.8. The van der Waals surface area contributed by atoms with Gasteiger partial charge in [0.05, 0.1) is 22.8 Å². The Morgan fingerprint density at radius 1 is 0.368 bits per heavy atom. The van der Waals surface area contributed by atoms with Gasteiger partial charge in [0, 0.05) is 35.9 Å². The monoisotopic (exact) mass is 488 g/mol. The molecule has 7 rings (SSSR count). The molecule has 178 valence electrons. The van der Waals surface area contributed by atoms with E-state index in [0.29, 0.717) is 11.6 Å². The van der Waals surface area contributed by atoms with Crippen molar-refractivity contribution in [3.05, 3.63) is 122 Å². The minimum atomic E-state index is 0.676. The van der Waals surface area contributed by atoms with Gasteiger partial charge in [-0.3, -0.25) is 9.97 Å². The van der Waals surface area contributed by atoms with Crippen LogP contribution in [0.4, 0.5) is 0 Å². The van der Waals surface area contributed by atoms with Crippen molar-refractivity contribution in [2.45, 2.75) is 0 Å². The van der Waals surface area contributed by atoms with Crippen molar-refractivity contribution < 1.29 is 0 Å². The molecular weight excluding hydrogens is 468 g/mol. The van der Waals surface area contributed by atoms with Gasteiger partial charge in [-0.2, -0.15) is 0 Å². The third-order valence-corrected chi connectivity index (χ3v) is 6.52. The van der Waals surface area contributed by atoms with Crippen molar-refractivity contribution >= 4 is 21.5 Å². The summed E-state index contributed by atoms with van der Waals surface area (Å²) in [6.07, 6.45) is 7.10. The smallest absolute Gasteiger partial charge is 0.159 e. The van der Waals surface area contributed by atoms with Crippen LogP contribution in [0.15, 0.2) is 122 Å². The van der Waals surface area contributed by atoms with Crippen LogP contribution < -0.4 is 0 Å². The number of benzene rings is 3. The van der Waals surface area contributed by atoms with Crippen LogP contribution in [0, 0.1) is 0 Å². The molecule has 0 radical (unpaired) electrons. The first kappa shape index (κ1) is 21.9. The van der Waals surface area contributed by atoms with Crippen molar-refractivity contribution in [2.24, 2.45) is 0 Å². The molecule has 0 atom stereocenters. The highest BCUT2D eigenvalue weighted by atomic mass is 14.9. The largest absolute Gasteiger partial charge is 0.255 e.